The zero-order valence-corrected chi connectivity index (χ0v) is 24.0. The van der Waals surface area contributed by atoms with E-state index in [9.17, 15) is 19.1 Å². The molecule has 0 unspecified atom stereocenters. The van der Waals surface area contributed by atoms with E-state index in [0.717, 1.165) is 54.4 Å². The number of hydrogen-bond acceptors (Lipinski definition) is 6. The van der Waals surface area contributed by atoms with Gasteiger partial charge in [0.2, 0.25) is 5.12 Å². The van der Waals surface area contributed by atoms with Crippen LogP contribution in [0.2, 0.25) is 0 Å². The minimum atomic E-state index is -1.29. The summed E-state index contributed by atoms with van der Waals surface area (Å²) in [6.45, 7) is 5.66. The molecule has 0 aliphatic heterocycles. The highest BCUT2D eigenvalue weighted by atomic mass is 32.2. The smallest absolute Gasteiger partial charge is 0.303 e. The van der Waals surface area contributed by atoms with E-state index >= 15 is 0 Å². The van der Waals surface area contributed by atoms with Crippen LogP contribution in [0.3, 0.4) is 0 Å². The second kappa shape index (κ2) is 9.60. The van der Waals surface area contributed by atoms with Crippen molar-refractivity contribution >= 4 is 28.9 Å². The number of aliphatic hydroxyl groups excluding tert-OH is 1. The fourth-order valence-corrected chi connectivity index (χ4v) is 9.80. The second-order valence-corrected chi connectivity index (χ2v) is 13.4. The summed E-state index contributed by atoms with van der Waals surface area (Å²) in [5, 5.41) is 16.4. The maximum Gasteiger partial charge on any atom is 0.303 e. The molecular formula is C32H35FN2O4S. The predicted octanol–water partition coefficient (Wildman–Crippen LogP) is 5.36. The number of halogens is 1. The van der Waals surface area contributed by atoms with Gasteiger partial charge in [-0.15, -0.1) is 6.42 Å². The van der Waals surface area contributed by atoms with Crippen molar-refractivity contribution in [3.8, 4) is 18.0 Å². The minimum absolute atomic E-state index is 0.00878. The standard InChI is InChI=1S/C32H35FN2O4S/c1-5-14-40-29(38)32(39-19(2)36)13-12-25-24-11-6-21-15-26-20(18-34-35(26)23-9-7-22(33)8-10-23)16-30(21,3)28(24)27(37)17-31(25,32)4/h1,7-10,15,18,24-25,27-28,37H,6,11-14,16-17H2,2-4H3/t24-,25-,27-,28+,30-,31-,32-/m0/s1. The molecule has 6 rings (SSSR count). The number of thioether (sulfide) groups is 1. The first kappa shape index (κ1) is 27.3. The van der Waals surface area contributed by atoms with Gasteiger partial charge in [-0.2, -0.15) is 5.10 Å². The van der Waals surface area contributed by atoms with Gasteiger partial charge in [0.15, 0.2) is 5.60 Å². The topological polar surface area (TPSA) is 81.4 Å². The molecule has 0 amide bonds. The van der Waals surface area contributed by atoms with Gasteiger partial charge in [-0.3, -0.25) is 9.59 Å². The molecule has 7 atom stereocenters. The van der Waals surface area contributed by atoms with E-state index in [-0.39, 0.29) is 39.9 Å². The lowest BCUT2D eigenvalue weighted by molar-refractivity contribution is -0.195. The molecule has 1 N–H and O–H groups in total. The summed E-state index contributed by atoms with van der Waals surface area (Å²) in [7, 11) is 0. The van der Waals surface area contributed by atoms with Gasteiger partial charge in [0, 0.05) is 12.3 Å². The lowest BCUT2D eigenvalue weighted by Gasteiger charge is -2.60. The van der Waals surface area contributed by atoms with E-state index in [2.05, 4.69) is 24.0 Å². The molecule has 0 bridgehead atoms. The highest BCUT2D eigenvalue weighted by Crippen LogP contribution is 2.68. The van der Waals surface area contributed by atoms with Crippen LogP contribution in [0.4, 0.5) is 4.39 Å². The monoisotopic (exact) mass is 562 g/mol. The largest absolute Gasteiger partial charge is 0.450 e. The number of allylic oxidation sites excluding steroid dienone is 1. The number of nitrogens with zero attached hydrogens (tertiary/aromatic N) is 2. The first-order valence-electron chi connectivity index (χ1n) is 14.1. The lowest BCUT2D eigenvalue weighted by Crippen LogP contribution is -2.62. The first-order chi connectivity index (χ1) is 19.0. The lowest BCUT2D eigenvalue weighted by atomic mass is 9.45. The normalized spacial score (nSPS) is 35.9. The number of carbonyl (C=O) groups is 2. The minimum Gasteiger partial charge on any atom is -0.450 e. The Labute approximate surface area is 238 Å². The summed E-state index contributed by atoms with van der Waals surface area (Å²) in [6, 6.07) is 6.35. The molecule has 1 aromatic heterocycles. The van der Waals surface area contributed by atoms with Crippen LogP contribution < -0.4 is 0 Å². The van der Waals surface area contributed by atoms with Gasteiger partial charge in [-0.05, 0) is 97.6 Å². The van der Waals surface area contributed by atoms with Crippen LogP contribution in [0.5, 0.6) is 0 Å². The number of rotatable bonds is 4. The predicted molar refractivity (Wildman–Crippen MR) is 152 cm³/mol. The Bertz CT molecular complexity index is 1440. The molecule has 40 heavy (non-hydrogen) atoms. The number of fused-ring (bicyclic) bond motifs is 6. The van der Waals surface area contributed by atoms with Crippen molar-refractivity contribution in [1.29, 1.82) is 0 Å². The molecule has 2 aromatic rings. The highest BCUT2D eigenvalue weighted by Gasteiger charge is 2.70. The Hall–Kier alpha value is -2.89. The summed E-state index contributed by atoms with van der Waals surface area (Å²) in [6.07, 6.45) is 13.0. The maximum atomic E-state index is 13.6. The highest BCUT2D eigenvalue weighted by molar-refractivity contribution is 8.14. The van der Waals surface area contributed by atoms with E-state index in [1.54, 1.807) is 12.1 Å². The van der Waals surface area contributed by atoms with Gasteiger partial charge in [0.05, 0.1) is 29.4 Å². The molecule has 6 nitrogen and oxygen atoms in total. The number of benzene rings is 1. The van der Waals surface area contributed by atoms with E-state index in [1.807, 2.05) is 17.8 Å². The third kappa shape index (κ3) is 3.84. The summed E-state index contributed by atoms with van der Waals surface area (Å²) in [5.74, 6) is 2.30. The molecule has 1 aromatic carbocycles. The Kier molecular flexibility index (Phi) is 6.55. The zero-order valence-electron chi connectivity index (χ0n) is 23.2. The Balaban J connectivity index is 1.35. The number of hydrogen-bond donors (Lipinski definition) is 1. The van der Waals surface area contributed by atoms with Crippen molar-refractivity contribution in [3.63, 3.8) is 0 Å². The van der Waals surface area contributed by atoms with Crippen LogP contribution in [0.25, 0.3) is 11.8 Å². The third-order valence-corrected chi connectivity index (χ3v) is 11.5. The van der Waals surface area contributed by atoms with Crippen LogP contribution in [-0.4, -0.2) is 43.4 Å². The summed E-state index contributed by atoms with van der Waals surface area (Å²) in [4.78, 5) is 25.9. The Morgan fingerprint density at radius 3 is 2.73 bits per heavy atom. The van der Waals surface area contributed by atoms with Crippen LogP contribution >= 0.6 is 11.8 Å². The van der Waals surface area contributed by atoms with Crippen LogP contribution in [0.1, 0.15) is 64.1 Å². The molecular weight excluding hydrogens is 527 g/mol. The molecule has 210 valence electrons. The molecule has 0 spiro atoms. The van der Waals surface area contributed by atoms with Crippen LogP contribution in [0.15, 0.2) is 36.0 Å². The molecule has 4 aliphatic carbocycles. The van der Waals surface area contributed by atoms with E-state index in [0.29, 0.717) is 12.8 Å². The molecule has 8 heteroatoms. The van der Waals surface area contributed by atoms with Crippen molar-refractivity contribution < 1.29 is 23.8 Å². The van der Waals surface area contributed by atoms with Crippen molar-refractivity contribution in [2.45, 2.75) is 71.0 Å². The van der Waals surface area contributed by atoms with Gasteiger partial charge in [0.1, 0.15) is 5.82 Å². The average Bonchev–Trinajstić information content (AvgIpc) is 3.43. The SMILES string of the molecule is C#CCSC(=O)[C@@]1(OC(C)=O)CC[C@H]2[C@@H]3CCC4=Cc5c(cnn5-c5ccc(F)cc5)C[C@]4(C)[C@H]3[C@@H](O)C[C@@]21C. The van der Waals surface area contributed by atoms with Gasteiger partial charge in [-0.25, -0.2) is 9.07 Å². The van der Waals surface area contributed by atoms with Crippen molar-refractivity contribution in [1.82, 2.24) is 9.78 Å². The average molecular weight is 563 g/mol. The van der Waals surface area contributed by atoms with Crippen LogP contribution in [0, 0.1) is 46.7 Å². The van der Waals surface area contributed by atoms with Gasteiger partial charge < -0.3 is 9.84 Å². The number of aromatic nitrogens is 2. The Morgan fingerprint density at radius 1 is 1.27 bits per heavy atom. The van der Waals surface area contributed by atoms with Crippen molar-refractivity contribution in [2.24, 2.45) is 28.6 Å². The second-order valence-electron chi connectivity index (χ2n) is 12.5. The van der Waals surface area contributed by atoms with Crippen molar-refractivity contribution in [2.75, 3.05) is 5.75 Å². The molecule has 3 saturated carbocycles. The van der Waals surface area contributed by atoms with Crippen LogP contribution in [-0.2, 0) is 20.7 Å². The molecule has 4 aliphatic rings. The summed E-state index contributed by atoms with van der Waals surface area (Å²) < 4.78 is 21.4. The molecule has 0 saturated heterocycles. The zero-order chi connectivity index (χ0) is 28.4. The quantitative estimate of drug-likeness (QED) is 0.399. The Morgan fingerprint density at radius 2 is 2.02 bits per heavy atom. The molecule has 1 heterocycles. The number of esters is 1. The van der Waals surface area contributed by atoms with E-state index in [4.69, 9.17) is 11.2 Å². The van der Waals surface area contributed by atoms with Gasteiger partial charge in [0.25, 0.3) is 0 Å². The molecule has 0 radical (unpaired) electrons. The number of terminal acetylenes is 1. The fourth-order valence-electron chi connectivity index (χ4n) is 8.97. The fraction of sp³-hybridized carbons (Fsp3) is 0.531. The third-order valence-electron chi connectivity index (χ3n) is 10.6. The first-order valence-corrected chi connectivity index (χ1v) is 15.0. The van der Waals surface area contributed by atoms with E-state index < -0.39 is 23.1 Å². The maximum absolute atomic E-state index is 13.6. The van der Waals surface area contributed by atoms with E-state index in [1.165, 1.54) is 24.6 Å². The summed E-state index contributed by atoms with van der Waals surface area (Å²) >= 11 is 1.04. The molecule has 3 fully saturated rings. The van der Waals surface area contributed by atoms with Gasteiger partial charge in [-0.1, -0.05) is 37.1 Å². The summed E-state index contributed by atoms with van der Waals surface area (Å²) in [5.41, 5.74) is 2.01. The van der Waals surface area contributed by atoms with Gasteiger partial charge >= 0.3 is 5.97 Å². The number of carbonyl (C=O) groups excluding carboxylic acids is 2. The van der Waals surface area contributed by atoms with Crippen molar-refractivity contribution in [3.05, 3.63) is 53.1 Å². The number of aliphatic hydroxyl groups is 1. The number of ether oxygens (including phenoxy) is 1.